The van der Waals surface area contributed by atoms with Crippen LogP contribution >= 0.6 is 11.6 Å². The third-order valence-electron chi connectivity index (χ3n) is 2.68. The van der Waals surface area contributed by atoms with E-state index < -0.39 is 0 Å². The molecule has 2 rings (SSSR count). The van der Waals surface area contributed by atoms with Crippen molar-refractivity contribution in [1.29, 1.82) is 0 Å². The minimum atomic E-state index is -0.348. The van der Waals surface area contributed by atoms with Gasteiger partial charge in [-0.25, -0.2) is 4.98 Å². The van der Waals surface area contributed by atoms with Gasteiger partial charge in [-0.05, 0) is 20.8 Å². The highest BCUT2D eigenvalue weighted by Crippen LogP contribution is 2.22. The van der Waals surface area contributed by atoms with Crippen LogP contribution in [-0.2, 0) is 4.74 Å². The Kier molecular flexibility index (Phi) is 3.54. The molecule has 0 radical (unpaired) electrons. The van der Waals surface area contributed by atoms with Crippen LogP contribution in [0.2, 0.25) is 5.15 Å². The van der Waals surface area contributed by atoms with Crippen molar-refractivity contribution in [1.82, 2.24) is 14.9 Å². The van der Waals surface area contributed by atoms with Crippen molar-refractivity contribution in [3.63, 3.8) is 0 Å². The molecule has 0 N–H and O–H groups in total. The van der Waals surface area contributed by atoms with E-state index in [1.807, 2.05) is 20.8 Å². The summed E-state index contributed by atoms with van der Waals surface area (Å²) in [7, 11) is 0. The van der Waals surface area contributed by atoms with E-state index in [0.29, 0.717) is 13.1 Å². The van der Waals surface area contributed by atoms with Crippen molar-refractivity contribution in [2.45, 2.75) is 32.5 Å². The SMILES string of the molecule is CC1CN(C(=O)c2cncc(Cl)n2)CC(C)(C)O1. The Balaban J connectivity index is 2.18. The van der Waals surface area contributed by atoms with Gasteiger partial charge in [0, 0.05) is 13.1 Å². The molecule has 0 aliphatic carbocycles. The zero-order valence-corrected chi connectivity index (χ0v) is 11.4. The molecular formula is C12H16ClN3O2. The first kappa shape index (κ1) is 13.2. The third-order valence-corrected chi connectivity index (χ3v) is 2.86. The fraction of sp³-hybridized carbons (Fsp3) is 0.583. The van der Waals surface area contributed by atoms with Gasteiger partial charge < -0.3 is 9.64 Å². The lowest BCUT2D eigenvalue weighted by Gasteiger charge is -2.41. The van der Waals surface area contributed by atoms with Crippen LogP contribution in [-0.4, -0.2) is 45.6 Å². The lowest BCUT2D eigenvalue weighted by atomic mass is 10.1. The lowest BCUT2D eigenvalue weighted by Crippen LogP contribution is -2.53. The molecule has 6 heteroatoms. The second-order valence-electron chi connectivity index (χ2n) is 5.10. The quantitative estimate of drug-likeness (QED) is 0.780. The second kappa shape index (κ2) is 4.82. The maximum atomic E-state index is 12.3. The number of carbonyl (C=O) groups excluding carboxylic acids is 1. The number of rotatable bonds is 1. The molecule has 1 fully saturated rings. The van der Waals surface area contributed by atoms with E-state index >= 15 is 0 Å². The average molecular weight is 270 g/mol. The summed E-state index contributed by atoms with van der Waals surface area (Å²) in [5, 5.41) is 0.224. The first-order valence-electron chi connectivity index (χ1n) is 5.82. The zero-order valence-electron chi connectivity index (χ0n) is 10.7. The van der Waals surface area contributed by atoms with Gasteiger partial charge in [0.15, 0.2) is 0 Å². The van der Waals surface area contributed by atoms with Crippen LogP contribution in [0.1, 0.15) is 31.3 Å². The summed E-state index contributed by atoms with van der Waals surface area (Å²) in [6, 6.07) is 0. The number of hydrogen-bond acceptors (Lipinski definition) is 4. The minimum Gasteiger partial charge on any atom is -0.369 e. The molecule has 0 spiro atoms. The van der Waals surface area contributed by atoms with Crippen molar-refractivity contribution in [2.24, 2.45) is 0 Å². The molecule has 2 heterocycles. The Morgan fingerprint density at radius 2 is 2.28 bits per heavy atom. The fourth-order valence-electron chi connectivity index (χ4n) is 2.22. The van der Waals surface area contributed by atoms with Crippen molar-refractivity contribution in [3.8, 4) is 0 Å². The molecule has 1 aromatic heterocycles. The Morgan fingerprint density at radius 1 is 1.56 bits per heavy atom. The van der Waals surface area contributed by atoms with Crippen LogP contribution in [0.25, 0.3) is 0 Å². The number of carbonyl (C=O) groups is 1. The van der Waals surface area contributed by atoms with E-state index in [2.05, 4.69) is 9.97 Å². The lowest BCUT2D eigenvalue weighted by molar-refractivity contribution is -0.118. The molecule has 98 valence electrons. The van der Waals surface area contributed by atoms with E-state index in [1.165, 1.54) is 12.4 Å². The van der Waals surface area contributed by atoms with Gasteiger partial charge in [-0.1, -0.05) is 11.6 Å². The van der Waals surface area contributed by atoms with Gasteiger partial charge in [0.2, 0.25) is 0 Å². The highest BCUT2D eigenvalue weighted by Gasteiger charge is 2.34. The third kappa shape index (κ3) is 2.97. The number of amides is 1. The molecular weight excluding hydrogens is 254 g/mol. The highest BCUT2D eigenvalue weighted by atomic mass is 35.5. The van der Waals surface area contributed by atoms with Crippen molar-refractivity contribution < 1.29 is 9.53 Å². The van der Waals surface area contributed by atoms with Crippen molar-refractivity contribution in [2.75, 3.05) is 13.1 Å². The van der Waals surface area contributed by atoms with Gasteiger partial charge in [-0.15, -0.1) is 0 Å². The molecule has 1 amide bonds. The standard InChI is InChI=1S/C12H16ClN3O2/c1-8-6-16(7-12(2,3)18-8)11(17)9-4-14-5-10(13)15-9/h4-5,8H,6-7H2,1-3H3. The molecule has 1 atom stereocenters. The Hall–Kier alpha value is -1.20. The van der Waals surface area contributed by atoms with Gasteiger partial charge in [0.05, 0.1) is 24.1 Å². The maximum absolute atomic E-state index is 12.3. The van der Waals surface area contributed by atoms with Crippen LogP contribution in [0, 0.1) is 0 Å². The maximum Gasteiger partial charge on any atom is 0.274 e. The van der Waals surface area contributed by atoms with E-state index in [9.17, 15) is 4.79 Å². The van der Waals surface area contributed by atoms with E-state index in [-0.39, 0.29) is 28.5 Å². The van der Waals surface area contributed by atoms with E-state index in [4.69, 9.17) is 16.3 Å². The molecule has 0 saturated carbocycles. The number of ether oxygens (including phenoxy) is 1. The summed E-state index contributed by atoms with van der Waals surface area (Å²) >= 11 is 5.74. The van der Waals surface area contributed by atoms with Crippen molar-refractivity contribution in [3.05, 3.63) is 23.2 Å². The smallest absolute Gasteiger partial charge is 0.274 e. The molecule has 1 aromatic rings. The summed E-state index contributed by atoms with van der Waals surface area (Å²) < 4.78 is 5.76. The summed E-state index contributed by atoms with van der Waals surface area (Å²) in [6.45, 7) is 6.96. The number of hydrogen-bond donors (Lipinski definition) is 0. The van der Waals surface area contributed by atoms with Gasteiger partial charge in [0.25, 0.3) is 5.91 Å². The predicted molar refractivity (Wildman–Crippen MR) is 67.6 cm³/mol. The number of halogens is 1. The van der Waals surface area contributed by atoms with Crippen LogP contribution in [0.15, 0.2) is 12.4 Å². The molecule has 1 aliphatic rings. The number of aromatic nitrogens is 2. The molecule has 18 heavy (non-hydrogen) atoms. The number of morpholine rings is 1. The predicted octanol–water partition coefficient (Wildman–Crippen LogP) is 1.77. The van der Waals surface area contributed by atoms with E-state index in [0.717, 1.165) is 0 Å². The Labute approximate surface area is 111 Å². The highest BCUT2D eigenvalue weighted by molar-refractivity contribution is 6.29. The first-order chi connectivity index (χ1) is 8.37. The van der Waals surface area contributed by atoms with Crippen LogP contribution in [0.5, 0.6) is 0 Å². The van der Waals surface area contributed by atoms with E-state index in [1.54, 1.807) is 4.90 Å². The van der Waals surface area contributed by atoms with Crippen LogP contribution in [0.4, 0.5) is 0 Å². The number of nitrogens with zero attached hydrogens (tertiary/aromatic N) is 3. The monoisotopic (exact) mass is 269 g/mol. The molecule has 1 unspecified atom stereocenters. The normalized spacial score (nSPS) is 22.9. The second-order valence-corrected chi connectivity index (χ2v) is 5.49. The zero-order chi connectivity index (χ0) is 13.3. The first-order valence-corrected chi connectivity index (χ1v) is 6.20. The Bertz CT molecular complexity index is 464. The Morgan fingerprint density at radius 3 is 2.89 bits per heavy atom. The van der Waals surface area contributed by atoms with Crippen LogP contribution < -0.4 is 0 Å². The van der Waals surface area contributed by atoms with Gasteiger partial charge in [-0.3, -0.25) is 9.78 Å². The largest absolute Gasteiger partial charge is 0.369 e. The average Bonchev–Trinajstić information content (AvgIpc) is 2.25. The van der Waals surface area contributed by atoms with Gasteiger partial charge in [-0.2, -0.15) is 0 Å². The molecule has 0 bridgehead atoms. The summed E-state index contributed by atoms with van der Waals surface area (Å²) in [6.07, 6.45) is 2.84. The topological polar surface area (TPSA) is 55.3 Å². The summed E-state index contributed by atoms with van der Waals surface area (Å²) in [5.74, 6) is -0.159. The van der Waals surface area contributed by atoms with Gasteiger partial charge >= 0.3 is 0 Å². The molecule has 1 aliphatic heterocycles. The minimum absolute atomic E-state index is 0.00448. The molecule has 0 aromatic carbocycles. The van der Waals surface area contributed by atoms with Gasteiger partial charge in [0.1, 0.15) is 10.8 Å². The van der Waals surface area contributed by atoms with Crippen molar-refractivity contribution >= 4 is 17.5 Å². The fourth-order valence-corrected chi connectivity index (χ4v) is 2.36. The molecule has 5 nitrogen and oxygen atoms in total. The summed E-state index contributed by atoms with van der Waals surface area (Å²) in [5.41, 5.74) is -0.0771. The van der Waals surface area contributed by atoms with Crippen LogP contribution in [0.3, 0.4) is 0 Å². The molecule has 1 saturated heterocycles. The summed E-state index contributed by atoms with van der Waals surface area (Å²) in [4.78, 5) is 21.9.